The van der Waals surface area contributed by atoms with Gasteiger partial charge in [-0.25, -0.2) is 0 Å². The lowest BCUT2D eigenvalue weighted by Crippen LogP contribution is -2.37. The van der Waals surface area contributed by atoms with Crippen LogP contribution in [0.2, 0.25) is 0 Å². The number of nitrogens with zero attached hydrogens (tertiary/aromatic N) is 1. The number of amides is 1. The number of aryl methyl sites for hydroxylation is 1. The van der Waals surface area contributed by atoms with Gasteiger partial charge in [0.05, 0.1) is 24.5 Å². The Bertz CT molecular complexity index is 663. The number of carbonyl (C=O) groups is 2. The summed E-state index contributed by atoms with van der Waals surface area (Å²) < 4.78 is 11.2. The molecular formula is C18H24N2O4. The van der Waals surface area contributed by atoms with Gasteiger partial charge in [0.1, 0.15) is 5.75 Å². The zero-order valence-corrected chi connectivity index (χ0v) is 14.5. The van der Waals surface area contributed by atoms with E-state index in [1.54, 1.807) is 7.11 Å². The first kappa shape index (κ1) is 16.9. The molecule has 1 saturated heterocycles. The number of hydrogen-bond donors (Lipinski definition) is 1. The maximum Gasteiger partial charge on any atom is 0.296 e. The molecule has 0 spiro atoms. The Kier molecular flexibility index (Phi) is 4.87. The van der Waals surface area contributed by atoms with Crippen molar-refractivity contribution in [3.63, 3.8) is 0 Å². The van der Waals surface area contributed by atoms with Gasteiger partial charge < -0.3 is 14.8 Å². The molecule has 1 aromatic rings. The van der Waals surface area contributed by atoms with E-state index in [9.17, 15) is 9.59 Å². The van der Waals surface area contributed by atoms with Crippen molar-refractivity contribution in [1.82, 2.24) is 4.90 Å². The van der Waals surface area contributed by atoms with Crippen LogP contribution in [-0.2, 0) is 16.1 Å². The Labute approximate surface area is 142 Å². The molecule has 0 radical (unpaired) electrons. The molecule has 2 aliphatic heterocycles. The number of anilines is 1. The number of methoxy groups -OCH3 is 1. The molecule has 0 unspecified atom stereocenters. The van der Waals surface area contributed by atoms with Crippen molar-refractivity contribution in [3.8, 4) is 5.75 Å². The molecule has 0 aromatic heterocycles. The van der Waals surface area contributed by atoms with Gasteiger partial charge in [0, 0.05) is 31.8 Å². The quantitative estimate of drug-likeness (QED) is 0.837. The molecule has 1 fully saturated rings. The third-order valence-corrected chi connectivity index (χ3v) is 4.80. The molecule has 3 rings (SSSR count). The standard InChI is InChI=1S/C18H24N2O4/c1-4-24-12-5-7-20(8-6-12)10-13-14(23-3)9-11(2)16-15(13)17(21)18(22)19-16/h9,12H,4-8,10H2,1-3H3,(H,19,21,22). The fourth-order valence-electron chi connectivity index (χ4n) is 3.56. The zero-order valence-electron chi connectivity index (χ0n) is 14.5. The second-order valence-electron chi connectivity index (χ2n) is 6.34. The van der Waals surface area contributed by atoms with Gasteiger partial charge in [0.2, 0.25) is 0 Å². The fraction of sp³-hybridized carbons (Fsp3) is 0.556. The van der Waals surface area contributed by atoms with E-state index in [0.29, 0.717) is 29.6 Å². The maximum absolute atomic E-state index is 12.3. The van der Waals surface area contributed by atoms with Crippen LogP contribution in [0.25, 0.3) is 0 Å². The summed E-state index contributed by atoms with van der Waals surface area (Å²) in [7, 11) is 1.60. The van der Waals surface area contributed by atoms with Gasteiger partial charge in [-0.3, -0.25) is 14.5 Å². The van der Waals surface area contributed by atoms with Gasteiger partial charge in [0.15, 0.2) is 0 Å². The number of nitrogens with one attached hydrogen (secondary N) is 1. The lowest BCUT2D eigenvalue weighted by molar-refractivity contribution is -0.112. The zero-order chi connectivity index (χ0) is 17.3. The molecule has 0 bridgehead atoms. The second kappa shape index (κ2) is 6.91. The smallest absolute Gasteiger partial charge is 0.296 e. The molecule has 1 amide bonds. The van der Waals surface area contributed by atoms with E-state index in [4.69, 9.17) is 9.47 Å². The topological polar surface area (TPSA) is 67.9 Å². The Morgan fingerprint density at radius 3 is 2.62 bits per heavy atom. The fourth-order valence-corrected chi connectivity index (χ4v) is 3.56. The maximum atomic E-state index is 12.3. The van der Waals surface area contributed by atoms with Gasteiger partial charge in [-0.05, 0) is 38.3 Å². The summed E-state index contributed by atoms with van der Waals surface area (Å²) in [6, 6.07) is 1.89. The summed E-state index contributed by atoms with van der Waals surface area (Å²) in [6.07, 6.45) is 2.28. The number of ketones is 1. The molecule has 1 aromatic carbocycles. The number of ether oxygens (including phenoxy) is 2. The highest BCUT2D eigenvalue weighted by Gasteiger charge is 2.34. The predicted octanol–water partition coefficient (Wildman–Crippen LogP) is 2.14. The SMILES string of the molecule is CCOC1CCN(Cc2c(OC)cc(C)c3c2C(=O)C(=O)N3)CC1. The summed E-state index contributed by atoms with van der Waals surface area (Å²) in [6.45, 7) is 7.05. The van der Waals surface area contributed by atoms with Gasteiger partial charge in [-0.1, -0.05) is 0 Å². The van der Waals surface area contributed by atoms with Crippen LogP contribution in [0, 0.1) is 6.92 Å². The summed E-state index contributed by atoms with van der Waals surface area (Å²) in [5.74, 6) is -0.355. The van der Waals surface area contributed by atoms with Crippen molar-refractivity contribution in [3.05, 3.63) is 22.8 Å². The Morgan fingerprint density at radius 2 is 2.00 bits per heavy atom. The van der Waals surface area contributed by atoms with Crippen molar-refractivity contribution in [1.29, 1.82) is 0 Å². The Hall–Kier alpha value is -1.92. The number of fused-ring (bicyclic) bond motifs is 1. The van der Waals surface area contributed by atoms with Crippen molar-refractivity contribution in [2.45, 2.75) is 39.3 Å². The number of likely N-dealkylation sites (tertiary alicyclic amines) is 1. The number of rotatable bonds is 5. The average molecular weight is 332 g/mol. The minimum absolute atomic E-state index is 0.321. The lowest BCUT2D eigenvalue weighted by atomic mass is 9.97. The van der Waals surface area contributed by atoms with E-state index in [0.717, 1.165) is 43.7 Å². The van der Waals surface area contributed by atoms with Crippen LogP contribution in [0.4, 0.5) is 5.69 Å². The van der Waals surface area contributed by atoms with Crippen LogP contribution in [0.15, 0.2) is 6.07 Å². The highest BCUT2D eigenvalue weighted by Crippen LogP contribution is 2.37. The van der Waals surface area contributed by atoms with Crippen LogP contribution in [-0.4, -0.2) is 49.5 Å². The number of carbonyl (C=O) groups excluding carboxylic acids is 2. The van der Waals surface area contributed by atoms with Gasteiger partial charge in [0.25, 0.3) is 11.7 Å². The van der Waals surface area contributed by atoms with Crippen molar-refractivity contribution in [2.75, 3.05) is 32.1 Å². The first-order valence-electron chi connectivity index (χ1n) is 8.45. The van der Waals surface area contributed by atoms with E-state index >= 15 is 0 Å². The number of hydrogen-bond acceptors (Lipinski definition) is 5. The van der Waals surface area contributed by atoms with Crippen molar-refractivity contribution >= 4 is 17.4 Å². The molecule has 0 atom stereocenters. The number of benzene rings is 1. The summed E-state index contributed by atoms with van der Waals surface area (Å²) in [5, 5.41) is 2.69. The summed E-state index contributed by atoms with van der Waals surface area (Å²) in [4.78, 5) is 26.4. The van der Waals surface area contributed by atoms with Crippen LogP contribution < -0.4 is 10.1 Å². The van der Waals surface area contributed by atoms with Gasteiger partial charge in [-0.2, -0.15) is 0 Å². The molecule has 6 heteroatoms. The second-order valence-corrected chi connectivity index (χ2v) is 6.34. The van der Waals surface area contributed by atoms with Crippen LogP contribution in [0.3, 0.4) is 0 Å². The molecule has 130 valence electrons. The molecule has 6 nitrogen and oxygen atoms in total. The predicted molar refractivity (Wildman–Crippen MR) is 90.6 cm³/mol. The van der Waals surface area contributed by atoms with Crippen LogP contribution in [0.1, 0.15) is 41.3 Å². The van der Waals surface area contributed by atoms with Crippen LogP contribution >= 0.6 is 0 Å². The minimum Gasteiger partial charge on any atom is -0.496 e. The third-order valence-electron chi connectivity index (χ3n) is 4.80. The minimum atomic E-state index is -0.558. The Balaban J connectivity index is 1.85. The van der Waals surface area contributed by atoms with Crippen molar-refractivity contribution in [2.24, 2.45) is 0 Å². The third kappa shape index (κ3) is 3.03. The van der Waals surface area contributed by atoms with Gasteiger partial charge in [-0.15, -0.1) is 0 Å². The van der Waals surface area contributed by atoms with E-state index in [2.05, 4.69) is 10.2 Å². The van der Waals surface area contributed by atoms with E-state index in [1.807, 2.05) is 19.9 Å². The number of piperidine rings is 1. The first-order valence-corrected chi connectivity index (χ1v) is 8.45. The van der Waals surface area contributed by atoms with E-state index in [-0.39, 0.29) is 0 Å². The number of Topliss-reactive ketones (excluding diaryl/α,β-unsaturated/α-hetero) is 1. The molecule has 24 heavy (non-hydrogen) atoms. The molecule has 0 aliphatic carbocycles. The molecule has 2 aliphatic rings. The molecule has 1 N–H and O–H groups in total. The molecule has 2 heterocycles. The molecular weight excluding hydrogens is 308 g/mol. The summed E-state index contributed by atoms with van der Waals surface area (Å²) in [5.41, 5.74) is 2.75. The summed E-state index contributed by atoms with van der Waals surface area (Å²) >= 11 is 0. The van der Waals surface area contributed by atoms with Crippen LogP contribution in [0.5, 0.6) is 5.75 Å². The highest BCUT2D eigenvalue weighted by molar-refractivity contribution is 6.52. The Morgan fingerprint density at radius 1 is 1.29 bits per heavy atom. The monoisotopic (exact) mass is 332 g/mol. The van der Waals surface area contributed by atoms with Crippen molar-refractivity contribution < 1.29 is 19.1 Å². The van der Waals surface area contributed by atoms with E-state index < -0.39 is 11.7 Å². The molecule has 0 saturated carbocycles. The van der Waals surface area contributed by atoms with Gasteiger partial charge >= 0.3 is 0 Å². The average Bonchev–Trinajstić information content (AvgIpc) is 2.88. The van der Waals surface area contributed by atoms with E-state index in [1.165, 1.54) is 0 Å². The highest BCUT2D eigenvalue weighted by atomic mass is 16.5. The largest absolute Gasteiger partial charge is 0.496 e. The first-order chi connectivity index (χ1) is 11.5. The lowest BCUT2D eigenvalue weighted by Gasteiger charge is -2.32. The normalized spacial score (nSPS) is 18.6.